The van der Waals surface area contributed by atoms with Gasteiger partial charge < -0.3 is 4.98 Å². The highest BCUT2D eigenvalue weighted by Crippen LogP contribution is 2.05. The van der Waals surface area contributed by atoms with Crippen molar-refractivity contribution in [1.29, 1.82) is 0 Å². The molecule has 1 aliphatic carbocycles. The van der Waals surface area contributed by atoms with Gasteiger partial charge in [-0.25, -0.2) is 0 Å². The largest absolute Gasteiger partial charge is 0.365 e. The van der Waals surface area contributed by atoms with E-state index in [9.17, 15) is 0 Å². The third-order valence-corrected chi connectivity index (χ3v) is 2.35. The minimum Gasteiger partial charge on any atom is -0.365 e. The highest BCUT2D eigenvalue weighted by atomic mass is 15.1. The van der Waals surface area contributed by atoms with Gasteiger partial charge in [-0.3, -0.25) is 5.10 Å². The Bertz CT molecular complexity index is 427. The number of aromatic nitrogens is 3. The average Bonchev–Trinajstić information content (AvgIpc) is 3.05. The summed E-state index contributed by atoms with van der Waals surface area (Å²) in [6.45, 7) is 6.11. The number of H-pyrrole nitrogens is 2. The first-order valence-electron chi connectivity index (χ1n) is 6.08. The molecule has 2 aromatic rings. The number of aryl methyl sites for hydroxylation is 2. The predicted molar refractivity (Wildman–Crippen MR) is 76.4 cm³/mol. The number of hydrogen-bond acceptors (Lipinski definition) is 1. The van der Waals surface area contributed by atoms with E-state index in [2.05, 4.69) is 40.3 Å². The van der Waals surface area contributed by atoms with E-state index >= 15 is 0 Å². The number of hydrogen-bond donors (Lipinski definition) is 2. The Balaban J connectivity index is 0.000000135. The number of allylic oxidation sites excluding steroid dienone is 4. The number of aromatic amines is 2. The smallest absolute Gasteiger partial charge is 0.0489 e. The summed E-state index contributed by atoms with van der Waals surface area (Å²) in [6.07, 6.45) is 11.3. The Kier molecular flexibility index (Phi) is 6.33. The molecule has 96 valence electrons. The molecule has 0 saturated carbocycles. The molecule has 0 fully saturated rings. The van der Waals surface area contributed by atoms with Crippen molar-refractivity contribution < 1.29 is 0 Å². The van der Waals surface area contributed by atoms with Crippen LogP contribution >= 0.6 is 0 Å². The van der Waals surface area contributed by atoms with Gasteiger partial charge in [0.2, 0.25) is 0 Å². The number of rotatable bonds is 0. The molecule has 0 spiro atoms. The van der Waals surface area contributed by atoms with Gasteiger partial charge in [0.1, 0.15) is 0 Å². The molecule has 0 amide bonds. The maximum absolute atomic E-state index is 3.70. The van der Waals surface area contributed by atoms with Crippen LogP contribution in [0.25, 0.3) is 0 Å². The van der Waals surface area contributed by atoms with Gasteiger partial charge in [-0.2, -0.15) is 5.10 Å². The molecule has 0 saturated heterocycles. The van der Waals surface area contributed by atoms with Crippen molar-refractivity contribution in [2.45, 2.75) is 27.2 Å². The molecule has 3 nitrogen and oxygen atoms in total. The standard InChI is InChI=1S/C6H8.C5H7N.C4H6N2/c1-6-4-2-3-5-6;1-5-3-2-4-6-5;1-4-2-3-5-6-4/h2,4-5H,3H2,1H3;2-4,6H,1H3;2-3H,1H3,(H,5,6). The molecule has 3 rings (SSSR count). The van der Waals surface area contributed by atoms with Crippen LogP contribution in [0.1, 0.15) is 24.7 Å². The lowest BCUT2D eigenvalue weighted by Gasteiger charge is -1.72. The Morgan fingerprint density at radius 3 is 2.11 bits per heavy atom. The van der Waals surface area contributed by atoms with E-state index in [4.69, 9.17) is 0 Å². The molecule has 3 heteroatoms. The molecule has 2 N–H and O–H groups in total. The van der Waals surface area contributed by atoms with Crippen LogP contribution in [0.15, 0.2) is 54.4 Å². The summed E-state index contributed by atoms with van der Waals surface area (Å²) in [5, 5.41) is 6.45. The lowest BCUT2D eigenvalue weighted by molar-refractivity contribution is 1.05. The van der Waals surface area contributed by atoms with E-state index in [1.165, 1.54) is 11.3 Å². The summed E-state index contributed by atoms with van der Waals surface area (Å²) in [5.74, 6) is 0. The van der Waals surface area contributed by atoms with Crippen molar-refractivity contribution in [2.75, 3.05) is 0 Å². The zero-order chi connectivity index (χ0) is 13.2. The molecular formula is C15H21N3. The molecule has 0 atom stereocenters. The van der Waals surface area contributed by atoms with Crippen LogP contribution in [0.4, 0.5) is 0 Å². The van der Waals surface area contributed by atoms with Gasteiger partial charge in [0.05, 0.1) is 0 Å². The minimum atomic E-state index is 1.11. The Morgan fingerprint density at radius 2 is 1.94 bits per heavy atom. The molecule has 18 heavy (non-hydrogen) atoms. The Hall–Kier alpha value is -2.03. The van der Waals surface area contributed by atoms with Crippen molar-refractivity contribution >= 4 is 0 Å². The summed E-state index contributed by atoms with van der Waals surface area (Å²) in [5.41, 5.74) is 3.72. The SMILES string of the molecule is CC1=CCC=C1.Cc1ccc[nH]1.Cc1ccn[nH]1. The summed E-state index contributed by atoms with van der Waals surface area (Å²) in [4.78, 5) is 3.00. The molecule has 0 unspecified atom stereocenters. The second-order valence-corrected chi connectivity index (χ2v) is 4.18. The second kappa shape index (κ2) is 8.12. The molecular weight excluding hydrogens is 222 g/mol. The fourth-order valence-corrected chi connectivity index (χ4v) is 1.32. The summed E-state index contributed by atoms with van der Waals surface area (Å²) in [7, 11) is 0. The highest BCUT2D eigenvalue weighted by Gasteiger charge is 1.84. The molecule has 0 aliphatic heterocycles. The van der Waals surface area contributed by atoms with Crippen LogP contribution in [0.5, 0.6) is 0 Å². The quantitative estimate of drug-likeness (QED) is 0.723. The van der Waals surface area contributed by atoms with E-state index in [-0.39, 0.29) is 0 Å². The maximum Gasteiger partial charge on any atom is 0.0489 e. The van der Waals surface area contributed by atoms with E-state index < -0.39 is 0 Å². The fraction of sp³-hybridized carbons (Fsp3) is 0.267. The van der Waals surface area contributed by atoms with E-state index in [0.717, 1.165) is 12.1 Å². The third-order valence-electron chi connectivity index (χ3n) is 2.35. The lowest BCUT2D eigenvalue weighted by Crippen LogP contribution is -1.65. The van der Waals surface area contributed by atoms with Crippen molar-refractivity contribution in [3.63, 3.8) is 0 Å². The van der Waals surface area contributed by atoms with Crippen LogP contribution in [0.3, 0.4) is 0 Å². The van der Waals surface area contributed by atoms with Crippen molar-refractivity contribution in [2.24, 2.45) is 0 Å². The third kappa shape index (κ3) is 6.53. The van der Waals surface area contributed by atoms with Gasteiger partial charge in [0.15, 0.2) is 0 Å². The topological polar surface area (TPSA) is 44.5 Å². The zero-order valence-corrected chi connectivity index (χ0v) is 11.3. The number of nitrogens with one attached hydrogen (secondary N) is 2. The van der Waals surface area contributed by atoms with Gasteiger partial charge >= 0.3 is 0 Å². The molecule has 0 aromatic carbocycles. The van der Waals surface area contributed by atoms with Gasteiger partial charge in [0.25, 0.3) is 0 Å². The van der Waals surface area contributed by atoms with Crippen LogP contribution in [-0.4, -0.2) is 15.2 Å². The number of nitrogens with zero attached hydrogens (tertiary/aromatic N) is 1. The fourth-order valence-electron chi connectivity index (χ4n) is 1.32. The van der Waals surface area contributed by atoms with Gasteiger partial charge in [-0.05, 0) is 45.4 Å². The summed E-state index contributed by atoms with van der Waals surface area (Å²) in [6, 6.07) is 5.93. The molecule has 0 bridgehead atoms. The first kappa shape index (κ1) is 14.0. The van der Waals surface area contributed by atoms with Crippen molar-refractivity contribution in [3.05, 3.63) is 65.8 Å². The normalized spacial score (nSPS) is 12.1. The van der Waals surface area contributed by atoms with Crippen molar-refractivity contribution in [3.8, 4) is 0 Å². The van der Waals surface area contributed by atoms with Gasteiger partial charge in [-0.15, -0.1) is 0 Å². The van der Waals surface area contributed by atoms with Crippen molar-refractivity contribution in [1.82, 2.24) is 15.2 Å². The Labute approximate surface area is 109 Å². The van der Waals surface area contributed by atoms with E-state index in [1.54, 1.807) is 6.20 Å². The van der Waals surface area contributed by atoms with Gasteiger partial charge in [0, 0.05) is 23.8 Å². The molecule has 0 radical (unpaired) electrons. The second-order valence-electron chi connectivity index (χ2n) is 4.18. The lowest BCUT2D eigenvalue weighted by atomic mass is 10.3. The Morgan fingerprint density at radius 1 is 1.11 bits per heavy atom. The van der Waals surface area contributed by atoms with Crippen LogP contribution < -0.4 is 0 Å². The average molecular weight is 243 g/mol. The summed E-state index contributed by atoms with van der Waals surface area (Å²) < 4.78 is 0. The predicted octanol–water partition coefficient (Wildman–Crippen LogP) is 3.93. The van der Waals surface area contributed by atoms with Crippen LogP contribution in [0.2, 0.25) is 0 Å². The van der Waals surface area contributed by atoms with E-state index in [0.29, 0.717) is 0 Å². The van der Waals surface area contributed by atoms with Gasteiger partial charge in [-0.1, -0.05) is 23.8 Å². The molecule has 1 aliphatic rings. The summed E-state index contributed by atoms with van der Waals surface area (Å²) >= 11 is 0. The molecule has 2 aromatic heterocycles. The first-order chi connectivity index (χ1) is 8.68. The van der Waals surface area contributed by atoms with Crippen LogP contribution in [0, 0.1) is 13.8 Å². The maximum atomic E-state index is 3.70. The molecule has 2 heterocycles. The highest BCUT2D eigenvalue weighted by molar-refractivity contribution is 5.23. The van der Waals surface area contributed by atoms with Crippen LogP contribution in [-0.2, 0) is 0 Å². The van der Waals surface area contributed by atoms with E-state index in [1.807, 2.05) is 38.2 Å². The monoisotopic (exact) mass is 243 g/mol. The minimum absolute atomic E-state index is 1.11. The zero-order valence-electron chi connectivity index (χ0n) is 11.3. The first-order valence-corrected chi connectivity index (χ1v) is 6.08.